The van der Waals surface area contributed by atoms with Gasteiger partial charge in [-0.2, -0.15) is 5.10 Å². The number of nitrogens with zero attached hydrogens (tertiary/aromatic N) is 4. The van der Waals surface area contributed by atoms with Gasteiger partial charge in [-0.25, -0.2) is 0 Å². The topological polar surface area (TPSA) is 57.5 Å². The van der Waals surface area contributed by atoms with Gasteiger partial charge in [0.1, 0.15) is 0 Å². The fourth-order valence-corrected chi connectivity index (χ4v) is 3.44. The Morgan fingerprint density at radius 1 is 1.21 bits per heavy atom. The number of aromatic nitrogens is 2. The Balaban J connectivity index is 0.00000420. The third-order valence-corrected chi connectivity index (χ3v) is 5.13. The number of aliphatic imine (C=N–C) groups is 1. The average molecular weight is 512 g/mol. The van der Waals surface area contributed by atoms with Crippen LogP contribution < -0.4 is 10.6 Å². The highest BCUT2D eigenvalue weighted by Crippen LogP contribution is 2.18. The predicted octanol–water partition coefficient (Wildman–Crippen LogP) is 3.44. The molecule has 0 aliphatic heterocycles. The number of nitrogens with one attached hydrogen (secondary N) is 2. The standard InChI is InChI=1S/C22H36N6.HI/c1-8-23-22(24-15-21(27(5)6)19-12-10-9-11-13-19)25-16(2)14-20-17(3)26-28(7)18(20)4;/h9-13,16,21H,8,14-15H2,1-7H3,(H2,23,24,25);1H. The molecule has 2 unspecified atom stereocenters. The lowest BCUT2D eigenvalue weighted by atomic mass is 10.1. The van der Waals surface area contributed by atoms with Crippen molar-refractivity contribution in [2.75, 3.05) is 27.2 Å². The summed E-state index contributed by atoms with van der Waals surface area (Å²) in [5, 5.41) is 11.5. The zero-order valence-electron chi connectivity index (χ0n) is 18.9. The van der Waals surface area contributed by atoms with Crippen molar-refractivity contribution in [3.63, 3.8) is 0 Å². The van der Waals surface area contributed by atoms with Crippen molar-refractivity contribution in [1.29, 1.82) is 0 Å². The maximum Gasteiger partial charge on any atom is 0.191 e. The number of rotatable bonds is 8. The molecule has 0 aliphatic carbocycles. The molecule has 0 aliphatic rings. The van der Waals surface area contributed by atoms with Gasteiger partial charge in [-0.3, -0.25) is 9.67 Å². The molecule has 1 aromatic heterocycles. The van der Waals surface area contributed by atoms with Gasteiger partial charge in [-0.15, -0.1) is 24.0 Å². The number of benzene rings is 1. The van der Waals surface area contributed by atoms with Gasteiger partial charge in [-0.1, -0.05) is 30.3 Å². The minimum Gasteiger partial charge on any atom is -0.357 e. The van der Waals surface area contributed by atoms with Crippen LogP contribution in [0.3, 0.4) is 0 Å². The summed E-state index contributed by atoms with van der Waals surface area (Å²) in [5.41, 5.74) is 4.92. The second-order valence-electron chi connectivity index (χ2n) is 7.63. The van der Waals surface area contributed by atoms with Crippen molar-refractivity contribution < 1.29 is 0 Å². The second kappa shape index (κ2) is 12.2. The first kappa shape index (κ1) is 25.4. The molecule has 1 heterocycles. The van der Waals surface area contributed by atoms with E-state index in [1.165, 1.54) is 16.8 Å². The van der Waals surface area contributed by atoms with Crippen molar-refractivity contribution in [2.24, 2.45) is 12.0 Å². The number of halogens is 1. The van der Waals surface area contributed by atoms with Crippen molar-refractivity contribution in [1.82, 2.24) is 25.3 Å². The number of hydrogen-bond donors (Lipinski definition) is 2. The van der Waals surface area contributed by atoms with E-state index in [1.54, 1.807) is 0 Å². The maximum absolute atomic E-state index is 4.88. The van der Waals surface area contributed by atoms with Crippen LogP contribution in [0, 0.1) is 13.8 Å². The molecule has 7 heteroatoms. The minimum absolute atomic E-state index is 0. The van der Waals surface area contributed by atoms with Crippen LogP contribution >= 0.6 is 24.0 Å². The van der Waals surface area contributed by atoms with Crippen LogP contribution in [0.2, 0.25) is 0 Å². The molecule has 29 heavy (non-hydrogen) atoms. The van der Waals surface area contributed by atoms with Gasteiger partial charge in [0.25, 0.3) is 0 Å². The van der Waals surface area contributed by atoms with Crippen LogP contribution in [0.1, 0.15) is 42.4 Å². The molecule has 0 amide bonds. The summed E-state index contributed by atoms with van der Waals surface area (Å²) in [4.78, 5) is 7.09. The lowest BCUT2D eigenvalue weighted by Gasteiger charge is -2.24. The van der Waals surface area contributed by atoms with Gasteiger partial charge in [0.2, 0.25) is 0 Å². The van der Waals surface area contributed by atoms with E-state index in [1.807, 2.05) is 11.7 Å². The van der Waals surface area contributed by atoms with Gasteiger partial charge in [0.15, 0.2) is 5.96 Å². The van der Waals surface area contributed by atoms with Crippen LogP contribution in [-0.4, -0.2) is 53.9 Å². The molecule has 0 radical (unpaired) electrons. The van der Waals surface area contributed by atoms with Gasteiger partial charge in [-0.05, 0) is 59.3 Å². The monoisotopic (exact) mass is 512 g/mol. The molecule has 0 saturated carbocycles. The number of hydrogen-bond acceptors (Lipinski definition) is 3. The van der Waals surface area contributed by atoms with E-state index in [4.69, 9.17) is 4.99 Å². The van der Waals surface area contributed by atoms with E-state index in [9.17, 15) is 0 Å². The third kappa shape index (κ3) is 7.29. The number of aryl methyl sites for hydroxylation is 2. The Labute approximate surface area is 193 Å². The van der Waals surface area contributed by atoms with Gasteiger partial charge >= 0.3 is 0 Å². The molecule has 162 valence electrons. The van der Waals surface area contributed by atoms with E-state index in [-0.39, 0.29) is 36.1 Å². The van der Waals surface area contributed by atoms with Crippen molar-refractivity contribution in [3.8, 4) is 0 Å². The molecule has 0 saturated heterocycles. The van der Waals surface area contributed by atoms with E-state index < -0.39 is 0 Å². The Hall–Kier alpha value is -1.61. The summed E-state index contributed by atoms with van der Waals surface area (Å²) in [7, 11) is 6.20. The predicted molar refractivity (Wildman–Crippen MR) is 133 cm³/mol. The summed E-state index contributed by atoms with van der Waals surface area (Å²) in [6.07, 6.45) is 0.922. The van der Waals surface area contributed by atoms with Gasteiger partial charge in [0.05, 0.1) is 18.3 Å². The largest absolute Gasteiger partial charge is 0.357 e. The van der Waals surface area contributed by atoms with E-state index in [0.717, 1.165) is 24.6 Å². The zero-order chi connectivity index (χ0) is 20.7. The quantitative estimate of drug-likeness (QED) is 0.323. The van der Waals surface area contributed by atoms with E-state index in [0.29, 0.717) is 6.54 Å². The van der Waals surface area contributed by atoms with Crippen LogP contribution in [0.4, 0.5) is 0 Å². The smallest absolute Gasteiger partial charge is 0.191 e. The molecular weight excluding hydrogens is 475 g/mol. The molecular formula is C22H37IN6. The molecule has 2 atom stereocenters. The normalized spacial score (nSPS) is 13.7. The summed E-state index contributed by atoms with van der Waals surface area (Å²) in [6, 6.07) is 11.0. The molecule has 0 spiro atoms. The highest BCUT2D eigenvalue weighted by molar-refractivity contribution is 14.0. The zero-order valence-corrected chi connectivity index (χ0v) is 21.2. The Kier molecular flexibility index (Phi) is 10.7. The summed E-state index contributed by atoms with van der Waals surface area (Å²) in [5.74, 6) is 0.858. The van der Waals surface area contributed by atoms with E-state index >= 15 is 0 Å². The van der Waals surface area contributed by atoms with E-state index in [2.05, 4.69) is 92.8 Å². The van der Waals surface area contributed by atoms with Crippen LogP contribution in [0.25, 0.3) is 0 Å². The summed E-state index contributed by atoms with van der Waals surface area (Å²) >= 11 is 0. The number of likely N-dealkylation sites (N-methyl/N-ethyl adjacent to an activating group) is 1. The first-order valence-corrected chi connectivity index (χ1v) is 10.1. The molecule has 2 rings (SSSR count). The molecule has 0 fully saturated rings. The molecule has 1 aromatic carbocycles. The van der Waals surface area contributed by atoms with Crippen LogP contribution in [0.15, 0.2) is 35.3 Å². The fraction of sp³-hybridized carbons (Fsp3) is 0.545. The maximum atomic E-state index is 4.88. The lowest BCUT2D eigenvalue weighted by Crippen LogP contribution is -2.43. The van der Waals surface area contributed by atoms with Crippen molar-refractivity contribution in [3.05, 3.63) is 52.8 Å². The second-order valence-corrected chi connectivity index (χ2v) is 7.63. The molecule has 2 N–H and O–H groups in total. The first-order valence-electron chi connectivity index (χ1n) is 10.1. The molecule has 2 aromatic rings. The summed E-state index contributed by atoms with van der Waals surface area (Å²) < 4.78 is 1.96. The lowest BCUT2D eigenvalue weighted by molar-refractivity contribution is 0.306. The number of guanidine groups is 1. The van der Waals surface area contributed by atoms with Gasteiger partial charge < -0.3 is 15.5 Å². The van der Waals surface area contributed by atoms with Crippen molar-refractivity contribution in [2.45, 2.75) is 46.2 Å². The van der Waals surface area contributed by atoms with Crippen LogP contribution in [0.5, 0.6) is 0 Å². The highest BCUT2D eigenvalue weighted by Gasteiger charge is 2.16. The third-order valence-electron chi connectivity index (χ3n) is 5.13. The molecule has 6 nitrogen and oxygen atoms in total. The minimum atomic E-state index is 0. The average Bonchev–Trinajstić information content (AvgIpc) is 2.88. The van der Waals surface area contributed by atoms with Crippen LogP contribution in [-0.2, 0) is 13.5 Å². The first-order chi connectivity index (χ1) is 13.3. The highest BCUT2D eigenvalue weighted by atomic mass is 127. The Morgan fingerprint density at radius 3 is 2.38 bits per heavy atom. The Bertz CT molecular complexity index is 769. The SMILES string of the molecule is CCNC(=NCC(c1ccccc1)N(C)C)NC(C)Cc1c(C)nn(C)c1C.I. The van der Waals surface area contributed by atoms with Crippen molar-refractivity contribution >= 4 is 29.9 Å². The molecule has 0 bridgehead atoms. The van der Waals surface area contributed by atoms with Gasteiger partial charge in [0, 0.05) is 25.3 Å². The fourth-order valence-electron chi connectivity index (χ4n) is 3.44. The Morgan fingerprint density at radius 2 is 1.86 bits per heavy atom. The summed E-state index contributed by atoms with van der Waals surface area (Å²) in [6.45, 7) is 10.0.